The van der Waals surface area contributed by atoms with Crippen LogP contribution in [0.4, 0.5) is 11.4 Å². The van der Waals surface area contributed by atoms with Gasteiger partial charge in [0.1, 0.15) is 0 Å². The molecule has 0 unspecified atom stereocenters. The molecule has 3 aromatic rings. The lowest BCUT2D eigenvalue weighted by Gasteiger charge is -2.08. The van der Waals surface area contributed by atoms with Crippen LogP contribution in [-0.4, -0.2) is 4.98 Å². The van der Waals surface area contributed by atoms with Crippen molar-refractivity contribution in [3.05, 3.63) is 89.7 Å². The molecule has 0 amide bonds. The van der Waals surface area contributed by atoms with Crippen molar-refractivity contribution in [2.75, 3.05) is 11.1 Å². The average Bonchev–Trinajstić information content (AvgIpc) is 2.57. The van der Waals surface area contributed by atoms with Crippen LogP contribution in [0.15, 0.2) is 73.1 Å². The van der Waals surface area contributed by atoms with E-state index in [2.05, 4.69) is 34.6 Å². The van der Waals surface area contributed by atoms with Crippen LogP contribution >= 0.6 is 0 Å². The molecule has 0 spiro atoms. The van der Waals surface area contributed by atoms with Crippen molar-refractivity contribution in [2.24, 2.45) is 0 Å². The van der Waals surface area contributed by atoms with Crippen LogP contribution in [0.5, 0.6) is 0 Å². The van der Waals surface area contributed by atoms with Crippen LogP contribution < -0.4 is 11.1 Å². The Morgan fingerprint density at radius 3 is 2.00 bits per heavy atom. The van der Waals surface area contributed by atoms with Gasteiger partial charge in [0.15, 0.2) is 0 Å². The van der Waals surface area contributed by atoms with Crippen molar-refractivity contribution in [1.29, 1.82) is 0 Å². The highest BCUT2D eigenvalue weighted by Crippen LogP contribution is 2.14. The fourth-order valence-electron chi connectivity index (χ4n) is 2.32. The van der Waals surface area contributed by atoms with Gasteiger partial charge in [-0.05, 0) is 59.5 Å². The Morgan fingerprint density at radius 1 is 0.727 bits per heavy atom. The minimum Gasteiger partial charge on any atom is -0.399 e. The van der Waals surface area contributed by atoms with Crippen LogP contribution in [-0.2, 0) is 13.0 Å². The second-order valence-electron chi connectivity index (χ2n) is 5.32. The largest absolute Gasteiger partial charge is 0.399 e. The summed E-state index contributed by atoms with van der Waals surface area (Å²) in [5.74, 6) is 0. The minimum absolute atomic E-state index is 0.796. The van der Waals surface area contributed by atoms with Crippen molar-refractivity contribution in [2.45, 2.75) is 13.0 Å². The second-order valence-corrected chi connectivity index (χ2v) is 5.32. The minimum atomic E-state index is 0.796. The zero-order chi connectivity index (χ0) is 15.2. The lowest BCUT2D eigenvalue weighted by molar-refractivity contribution is 1.14. The van der Waals surface area contributed by atoms with Gasteiger partial charge in [-0.3, -0.25) is 4.98 Å². The Hall–Kier alpha value is -2.81. The molecule has 110 valence electrons. The van der Waals surface area contributed by atoms with Crippen molar-refractivity contribution in [3.63, 3.8) is 0 Å². The summed E-state index contributed by atoms with van der Waals surface area (Å²) in [6, 6.07) is 20.6. The summed E-state index contributed by atoms with van der Waals surface area (Å²) in [6.07, 6.45) is 4.59. The monoisotopic (exact) mass is 289 g/mol. The summed E-state index contributed by atoms with van der Waals surface area (Å²) in [5.41, 5.74) is 11.4. The molecule has 2 aromatic carbocycles. The molecule has 1 aromatic heterocycles. The summed E-state index contributed by atoms with van der Waals surface area (Å²) in [4.78, 5) is 4.04. The standard InChI is InChI=1S/C19H19N3/c20-18-5-1-17(2-6-18)14-22-19-7-3-15(4-8-19)13-16-9-11-21-12-10-16/h1-12,22H,13-14,20H2. The van der Waals surface area contributed by atoms with E-state index in [9.17, 15) is 0 Å². The number of aromatic nitrogens is 1. The van der Waals surface area contributed by atoms with Crippen molar-refractivity contribution in [1.82, 2.24) is 4.98 Å². The first-order chi connectivity index (χ1) is 10.8. The number of pyridine rings is 1. The molecule has 0 saturated carbocycles. The predicted octanol–water partition coefficient (Wildman–Crippen LogP) is 3.87. The normalized spacial score (nSPS) is 10.4. The van der Waals surface area contributed by atoms with Gasteiger partial charge in [0, 0.05) is 30.3 Å². The van der Waals surface area contributed by atoms with E-state index >= 15 is 0 Å². The van der Waals surface area contributed by atoms with Crippen LogP contribution in [0, 0.1) is 0 Å². The maximum absolute atomic E-state index is 5.69. The van der Waals surface area contributed by atoms with Crippen LogP contribution in [0.1, 0.15) is 16.7 Å². The molecule has 3 nitrogen and oxygen atoms in total. The third-order valence-corrected chi connectivity index (χ3v) is 3.59. The molecule has 0 radical (unpaired) electrons. The number of nitrogen functional groups attached to an aromatic ring is 1. The van der Waals surface area contributed by atoms with E-state index in [4.69, 9.17) is 5.73 Å². The fraction of sp³-hybridized carbons (Fsp3) is 0.105. The molecule has 0 fully saturated rings. The topological polar surface area (TPSA) is 50.9 Å². The number of nitrogens with one attached hydrogen (secondary N) is 1. The third-order valence-electron chi connectivity index (χ3n) is 3.59. The highest BCUT2D eigenvalue weighted by Gasteiger charge is 1.98. The number of nitrogens with two attached hydrogens (primary N) is 1. The number of anilines is 2. The molecular formula is C19H19N3. The first kappa shape index (κ1) is 14.1. The Labute approximate surface area is 130 Å². The van der Waals surface area contributed by atoms with Crippen LogP contribution in [0.25, 0.3) is 0 Å². The van der Waals surface area contributed by atoms with Crippen LogP contribution in [0.2, 0.25) is 0 Å². The van der Waals surface area contributed by atoms with E-state index in [0.717, 1.165) is 24.3 Å². The predicted molar refractivity (Wildman–Crippen MR) is 91.7 cm³/mol. The maximum atomic E-state index is 5.69. The van der Waals surface area contributed by atoms with E-state index < -0.39 is 0 Å². The number of nitrogens with zero attached hydrogens (tertiary/aromatic N) is 1. The van der Waals surface area contributed by atoms with Gasteiger partial charge in [0.25, 0.3) is 0 Å². The summed E-state index contributed by atoms with van der Waals surface area (Å²) in [7, 11) is 0. The van der Waals surface area contributed by atoms with Gasteiger partial charge in [-0.25, -0.2) is 0 Å². The summed E-state index contributed by atoms with van der Waals surface area (Å²) >= 11 is 0. The van der Waals surface area contributed by atoms with Gasteiger partial charge in [-0.2, -0.15) is 0 Å². The molecule has 3 N–H and O–H groups in total. The summed E-state index contributed by atoms with van der Waals surface area (Å²) < 4.78 is 0. The van der Waals surface area contributed by atoms with Gasteiger partial charge >= 0.3 is 0 Å². The number of benzene rings is 2. The quantitative estimate of drug-likeness (QED) is 0.701. The van der Waals surface area contributed by atoms with Gasteiger partial charge in [-0.15, -0.1) is 0 Å². The van der Waals surface area contributed by atoms with E-state index in [1.54, 1.807) is 0 Å². The first-order valence-corrected chi connectivity index (χ1v) is 7.36. The van der Waals surface area contributed by atoms with Gasteiger partial charge < -0.3 is 11.1 Å². The molecule has 0 atom stereocenters. The SMILES string of the molecule is Nc1ccc(CNc2ccc(Cc3ccncc3)cc2)cc1. The summed E-state index contributed by atoms with van der Waals surface area (Å²) in [6.45, 7) is 0.796. The van der Waals surface area contributed by atoms with Crippen molar-refractivity contribution >= 4 is 11.4 Å². The Bertz CT molecular complexity index is 704. The molecule has 0 aliphatic rings. The van der Waals surface area contributed by atoms with Crippen molar-refractivity contribution in [3.8, 4) is 0 Å². The molecule has 0 aliphatic carbocycles. The molecule has 0 bridgehead atoms. The fourth-order valence-corrected chi connectivity index (χ4v) is 2.32. The highest BCUT2D eigenvalue weighted by atomic mass is 14.9. The molecule has 1 heterocycles. The Balaban J connectivity index is 1.58. The maximum Gasteiger partial charge on any atom is 0.0400 e. The number of hydrogen-bond acceptors (Lipinski definition) is 3. The zero-order valence-corrected chi connectivity index (χ0v) is 12.4. The van der Waals surface area contributed by atoms with E-state index in [1.807, 2.05) is 48.8 Å². The molecule has 0 saturated heterocycles. The number of hydrogen-bond donors (Lipinski definition) is 2. The van der Waals surface area contributed by atoms with E-state index in [-0.39, 0.29) is 0 Å². The van der Waals surface area contributed by atoms with Gasteiger partial charge in [-0.1, -0.05) is 24.3 Å². The molecule has 3 heteroatoms. The van der Waals surface area contributed by atoms with Gasteiger partial charge in [0.2, 0.25) is 0 Å². The highest BCUT2D eigenvalue weighted by molar-refractivity contribution is 5.46. The van der Waals surface area contributed by atoms with Crippen LogP contribution in [0.3, 0.4) is 0 Å². The molecule has 0 aliphatic heterocycles. The molecule has 3 rings (SSSR count). The Morgan fingerprint density at radius 2 is 1.32 bits per heavy atom. The van der Waals surface area contributed by atoms with E-state index in [0.29, 0.717) is 0 Å². The zero-order valence-electron chi connectivity index (χ0n) is 12.4. The Kier molecular flexibility index (Phi) is 4.35. The summed E-state index contributed by atoms with van der Waals surface area (Å²) in [5, 5.41) is 3.42. The number of rotatable bonds is 5. The second kappa shape index (κ2) is 6.76. The average molecular weight is 289 g/mol. The van der Waals surface area contributed by atoms with Crippen molar-refractivity contribution < 1.29 is 0 Å². The third kappa shape index (κ3) is 3.85. The lowest BCUT2D eigenvalue weighted by atomic mass is 10.1. The lowest BCUT2D eigenvalue weighted by Crippen LogP contribution is -1.99. The molecular weight excluding hydrogens is 270 g/mol. The van der Waals surface area contributed by atoms with E-state index in [1.165, 1.54) is 16.7 Å². The van der Waals surface area contributed by atoms with Gasteiger partial charge in [0.05, 0.1) is 0 Å². The smallest absolute Gasteiger partial charge is 0.0400 e. The molecule has 22 heavy (non-hydrogen) atoms. The first-order valence-electron chi connectivity index (χ1n) is 7.36.